The number of rotatable bonds is 11. The molecule has 2 rings (SSSR count). The quantitative estimate of drug-likeness (QED) is 0.141. The van der Waals surface area contributed by atoms with Crippen molar-refractivity contribution in [2.45, 2.75) is 38.5 Å². The third-order valence-corrected chi connectivity index (χ3v) is 4.34. The van der Waals surface area contributed by atoms with E-state index in [0.29, 0.717) is 24.9 Å². The van der Waals surface area contributed by atoms with Crippen LogP contribution in [0.15, 0.2) is 47.6 Å². The molecule has 10 heteroatoms. The van der Waals surface area contributed by atoms with Gasteiger partial charge in [0.15, 0.2) is 0 Å². The highest BCUT2D eigenvalue weighted by atomic mass is 16.6. The monoisotopic (exact) mass is 428 g/mol. The van der Waals surface area contributed by atoms with Crippen LogP contribution in [0.3, 0.4) is 0 Å². The Kier molecular flexibility index (Phi) is 8.96. The maximum absolute atomic E-state index is 11.9. The van der Waals surface area contributed by atoms with Crippen LogP contribution < -0.4 is 10.7 Å². The van der Waals surface area contributed by atoms with E-state index in [9.17, 15) is 29.9 Å². The molecule has 0 aromatic heterocycles. The van der Waals surface area contributed by atoms with Crippen LogP contribution in [0.5, 0.6) is 11.5 Å². The molecule has 2 aromatic rings. The van der Waals surface area contributed by atoms with Crippen LogP contribution in [0.1, 0.15) is 44.1 Å². The average Bonchev–Trinajstić information content (AvgIpc) is 2.72. The molecule has 0 aliphatic rings. The van der Waals surface area contributed by atoms with E-state index in [1.807, 2.05) is 0 Å². The van der Waals surface area contributed by atoms with Crippen LogP contribution in [0.2, 0.25) is 0 Å². The van der Waals surface area contributed by atoms with Gasteiger partial charge in [-0.25, -0.2) is 5.43 Å². The Bertz CT molecular complexity index is 961. The summed E-state index contributed by atoms with van der Waals surface area (Å²) in [5, 5.41) is 36.3. The number of carbonyl (C=O) groups excluding carboxylic acids is 2. The Morgan fingerprint density at radius 1 is 1.00 bits per heavy atom. The zero-order valence-corrected chi connectivity index (χ0v) is 16.8. The van der Waals surface area contributed by atoms with Gasteiger partial charge in [-0.3, -0.25) is 19.7 Å². The maximum atomic E-state index is 11.9. The second kappa shape index (κ2) is 11.9. The fraction of sp³-hybridized carbons (Fsp3) is 0.286. The van der Waals surface area contributed by atoms with Gasteiger partial charge in [0.25, 0.3) is 5.69 Å². The zero-order chi connectivity index (χ0) is 22.6. The number of nitrogens with zero attached hydrogens (tertiary/aromatic N) is 2. The van der Waals surface area contributed by atoms with E-state index in [1.165, 1.54) is 18.2 Å². The lowest BCUT2D eigenvalue weighted by Crippen LogP contribution is -2.17. The summed E-state index contributed by atoms with van der Waals surface area (Å²) in [5.41, 5.74) is 2.51. The summed E-state index contributed by atoms with van der Waals surface area (Å²) in [6, 6.07) is 10.0. The largest absolute Gasteiger partial charge is 0.508 e. The Labute approximate surface area is 178 Å². The van der Waals surface area contributed by atoms with Gasteiger partial charge in [-0.15, -0.1) is 0 Å². The first-order valence-electron chi connectivity index (χ1n) is 9.74. The second-order valence-corrected chi connectivity index (χ2v) is 6.77. The van der Waals surface area contributed by atoms with E-state index < -0.39 is 4.92 Å². The molecule has 10 nitrogen and oxygen atoms in total. The molecule has 0 atom stereocenters. The number of phenolic OH excluding ortho intramolecular Hbond substituents is 2. The van der Waals surface area contributed by atoms with Crippen molar-refractivity contribution in [2.24, 2.45) is 5.10 Å². The smallest absolute Gasteiger partial charge is 0.278 e. The standard InChI is InChI=1S/C21H24N4O6/c26-16-11-12-18(25(30)31)15(13-16)14-22-24-21(29)10-4-2-1-3-9-20(28)23-17-7-5-6-8-19(17)27/h5-8,11-14,26-27H,1-4,9-10H2,(H,23,28)(H,24,29)/b22-14+. The number of benzene rings is 2. The summed E-state index contributed by atoms with van der Waals surface area (Å²) < 4.78 is 0. The Morgan fingerprint density at radius 2 is 1.68 bits per heavy atom. The molecule has 0 saturated heterocycles. The van der Waals surface area contributed by atoms with E-state index in [4.69, 9.17) is 0 Å². The first-order chi connectivity index (χ1) is 14.9. The molecule has 164 valence electrons. The SMILES string of the molecule is O=C(CCCCCCC(=O)Nc1ccccc1O)N/N=C/c1cc(O)ccc1[N+](=O)[O-]. The van der Waals surface area contributed by atoms with Gasteiger partial charge in [0.05, 0.1) is 22.4 Å². The molecular weight excluding hydrogens is 404 g/mol. The molecule has 0 aliphatic carbocycles. The first kappa shape index (κ1) is 23.3. The Balaban J connectivity index is 1.62. The highest BCUT2D eigenvalue weighted by Gasteiger charge is 2.12. The van der Waals surface area contributed by atoms with E-state index >= 15 is 0 Å². The van der Waals surface area contributed by atoms with Crippen molar-refractivity contribution in [2.75, 3.05) is 5.32 Å². The van der Waals surface area contributed by atoms with Crippen molar-refractivity contribution in [1.82, 2.24) is 5.43 Å². The molecule has 0 heterocycles. The van der Waals surface area contributed by atoms with Gasteiger partial charge < -0.3 is 15.5 Å². The predicted molar refractivity (Wildman–Crippen MR) is 115 cm³/mol. The molecule has 0 saturated carbocycles. The fourth-order valence-corrected chi connectivity index (χ4v) is 2.76. The van der Waals surface area contributed by atoms with Crippen molar-refractivity contribution in [1.29, 1.82) is 0 Å². The third kappa shape index (κ3) is 8.13. The summed E-state index contributed by atoms with van der Waals surface area (Å²) in [6.07, 6.45) is 4.42. The lowest BCUT2D eigenvalue weighted by molar-refractivity contribution is -0.385. The number of carbonyl (C=O) groups is 2. The van der Waals surface area contributed by atoms with E-state index in [-0.39, 0.29) is 41.0 Å². The lowest BCUT2D eigenvalue weighted by atomic mass is 10.1. The number of unbranched alkanes of at least 4 members (excludes halogenated alkanes) is 3. The van der Waals surface area contributed by atoms with Crippen molar-refractivity contribution in [3.63, 3.8) is 0 Å². The number of nitrogens with one attached hydrogen (secondary N) is 2. The zero-order valence-electron chi connectivity index (χ0n) is 16.8. The highest BCUT2D eigenvalue weighted by Crippen LogP contribution is 2.22. The van der Waals surface area contributed by atoms with Gasteiger partial charge in [-0.2, -0.15) is 5.10 Å². The minimum Gasteiger partial charge on any atom is -0.508 e. The Hall–Kier alpha value is -3.95. The molecule has 0 unspecified atom stereocenters. The molecule has 0 aliphatic heterocycles. The normalized spacial score (nSPS) is 10.7. The van der Waals surface area contributed by atoms with Gasteiger partial charge in [0.1, 0.15) is 11.5 Å². The highest BCUT2D eigenvalue weighted by molar-refractivity contribution is 5.92. The summed E-state index contributed by atoms with van der Waals surface area (Å²) >= 11 is 0. The minimum atomic E-state index is -0.606. The van der Waals surface area contributed by atoms with Crippen molar-refractivity contribution >= 4 is 29.4 Å². The van der Waals surface area contributed by atoms with Crippen molar-refractivity contribution in [3.05, 3.63) is 58.1 Å². The summed E-state index contributed by atoms with van der Waals surface area (Å²) in [5.74, 6) is -0.651. The predicted octanol–water partition coefficient (Wildman–Crippen LogP) is 3.44. The van der Waals surface area contributed by atoms with Gasteiger partial charge in [0, 0.05) is 18.9 Å². The number of phenols is 2. The number of para-hydroxylation sites is 2. The molecule has 31 heavy (non-hydrogen) atoms. The van der Waals surface area contributed by atoms with E-state index in [1.54, 1.807) is 18.2 Å². The molecule has 2 aromatic carbocycles. The van der Waals surface area contributed by atoms with E-state index in [0.717, 1.165) is 25.1 Å². The number of nitro benzene ring substituents is 1. The topological polar surface area (TPSA) is 154 Å². The molecule has 0 radical (unpaired) electrons. The number of hydrogen-bond donors (Lipinski definition) is 4. The maximum Gasteiger partial charge on any atom is 0.278 e. The van der Waals surface area contributed by atoms with Crippen molar-refractivity contribution in [3.8, 4) is 11.5 Å². The molecule has 0 bridgehead atoms. The molecular formula is C21H24N4O6. The molecule has 2 amide bonds. The van der Waals surface area contributed by atoms with Crippen LogP contribution in [0, 0.1) is 10.1 Å². The number of hydrogen-bond acceptors (Lipinski definition) is 7. The van der Waals surface area contributed by atoms with Gasteiger partial charge in [-0.1, -0.05) is 25.0 Å². The third-order valence-electron chi connectivity index (χ3n) is 4.34. The first-order valence-corrected chi connectivity index (χ1v) is 9.74. The van der Waals surface area contributed by atoms with Gasteiger partial charge in [0.2, 0.25) is 11.8 Å². The summed E-state index contributed by atoms with van der Waals surface area (Å²) in [4.78, 5) is 34.0. The summed E-state index contributed by atoms with van der Waals surface area (Å²) in [7, 11) is 0. The van der Waals surface area contributed by atoms with Crippen LogP contribution >= 0.6 is 0 Å². The number of aromatic hydroxyl groups is 2. The molecule has 4 N–H and O–H groups in total. The van der Waals surface area contributed by atoms with Gasteiger partial charge >= 0.3 is 0 Å². The van der Waals surface area contributed by atoms with Gasteiger partial charge in [-0.05, 0) is 37.1 Å². The number of amides is 2. The minimum absolute atomic E-state index is 0.0168. The second-order valence-electron chi connectivity index (χ2n) is 6.77. The average molecular weight is 428 g/mol. The van der Waals surface area contributed by atoms with Crippen LogP contribution in [-0.2, 0) is 9.59 Å². The molecule has 0 fully saturated rings. The summed E-state index contributed by atoms with van der Waals surface area (Å²) in [6.45, 7) is 0. The lowest BCUT2D eigenvalue weighted by Gasteiger charge is -2.06. The fourth-order valence-electron chi connectivity index (χ4n) is 2.76. The van der Waals surface area contributed by atoms with Crippen LogP contribution in [-0.4, -0.2) is 33.2 Å². The van der Waals surface area contributed by atoms with Crippen molar-refractivity contribution < 1.29 is 24.7 Å². The molecule has 0 spiro atoms. The number of nitro groups is 1. The van der Waals surface area contributed by atoms with Crippen LogP contribution in [0.4, 0.5) is 11.4 Å². The van der Waals surface area contributed by atoms with Crippen LogP contribution in [0.25, 0.3) is 0 Å². The van der Waals surface area contributed by atoms with E-state index in [2.05, 4.69) is 15.8 Å². The number of hydrazone groups is 1. The Morgan fingerprint density at radius 3 is 2.35 bits per heavy atom. The number of anilines is 1.